The van der Waals surface area contributed by atoms with Crippen molar-refractivity contribution >= 4 is 0 Å². The number of rotatable bonds is 4. The Kier molecular flexibility index (Phi) is 5.27. The Labute approximate surface area is 71.7 Å². The highest BCUT2D eigenvalue weighted by atomic mass is 14.2. The van der Waals surface area contributed by atoms with Gasteiger partial charge in [0.1, 0.15) is 0 Å². The van der Waals surface area contributed by atoms with Gasteiger partial charge in [-0.2, -0.15) is 0 Å². The molecule has 66 valence electrons. The van der Waals surface area contributed by atoms with Crippen LogP contribution in [0.5, 0.6) is 0 Å². The summed E-state index contributed by atoms with van der Waals surface area (Å²) >= 11 is 0. The smallest absolute Gasteiger partial charge is 0.0208 e. The molecule has 0 bridgehead atoms. The largest absolute Gasteiger partial charge is 0.0914 e. The Balaban J connectivity index is 3.89. The van der Waals surface area contributed by atoms with Gasteiger partial charge in [0, 0.05) is 0 Å². The summed E-state index contributed by atoms with van der Waals surface area (Å²) in [4.78, 5) is 0. The van der Waals surface area contributed by atoms with Crippen LogP contribution in [0.2, 0.25) is 0 Å². The van der Waals surface area contributed by atoms with Crippen molar-refractivity contribution in [1.29, 1.82) is 0 Å². The van der Waals surface area contributed by atoms with E-state index in [1.54, 1.807) is 0 Å². The molecule has 0 N–H and O–H groups in total. The lowest BCUT2D eigenvalue weighted by Gasteiger charge is -2.18. The summed E-state index contributed by atoms with van der Waals surface area (Å²) in [5, 5.41) is 0. The summed E-state index contributed by atoms with van der Waals surface area (Å²) in [7, 11) is 0. The quantitative estimate of drug-likeness (QED) is 0.539. The van der Waals surface area contributed by atoms with Gasteiger partial charge in [-0.05, 0) is 31.1 Å². The average molecular weight is 154 g/mol. The van der Waals surface area contributed by atoms with Crippen LogP contribution in [0.25, 0.3) is 0 Å². The fourth-order valence-corrected chi connectivity index (χ4v) is 1.36. The van der Waals surface area contributed by atoms with Crippen LogP contribution in [-0.2, 0) is 0 Å². The molecule has 0 aromatic carbocycles. The van der Waals surface area contributed by atoms with E-state index < -0.39 is 0 Å². The third kappa shape index (κ3) is 5.06. The van der Waals surface area contributed by atoms with Gasteiger partial charge in [-0.25, -0.2) is 0 Å². The van der Waals surface area contributed by atoms with Crippen molar-refractivity contribution in [3.8, 4) is 0 Å². The molecule has 0 nitrogen and oxygen atoms in total. The minimum absolute atomic E-state index is 0.778. The second kappa shape index (κ2) is 5.40. The molecule has 0 amide bonds. The first-order chi connectivity index (χ1) is 5.07. The van der Waals surface area contributed by atoms with E-state index >= 15 is 0 Å². The lowest BCUT2D eigenvalue weighted by atomic mass is 9.87. The molecule has 0 radical (unpaired) electrons. The van der Waals surface area contributed by atoms with E-state index in [2.05, 4.69) is 46.8 Å². The summed E-state index contributed by atoms with van der Waals surface area (Å²) < 4.78 is 0. The molecule has 0 heteroatoms. The maximum atomic E-state index is 2.34. The zero-order valence-corrected chi connectivity index (χ0v) is 8.59. The molecular formula is C11H22. The second-order valence-electron chi connectivity index (χ2n) is 4.06. The van der Waals surface area contributed by atoms with E-state index in [0.29, 0.717) is 0 Å². The topological polar surface area (TPSA) is 0 Å². The molecule has 0 aliphatic carbocycles. The van der Waals surface area contributed by atoms with E-state index in [4.69, 9.17) is 0 Å². The first kappa shape index (κ1) is 10.7. The molecule has 0 fully saturated rings. The molecule has 0 heterocycles. The highest BCUT2D eigenvalue weighted by molar-refractivity contribution is 4.87. The van der Waals surface area contributed by atoms with Crippen LogP contribution in [0.3, 0.4) is 0 Å². The van der Waals surface area contributed by atoms with Crippen LogP contribution >= 0.6 is 0 Å². The summed E-state index contributed by atoms with van der Waals surface area (Å²) in [6.45, 7) is 11.3. The molecule has 1 unspecified atom stereocenters. The lowest BCUT2D eigenvalue weighted by molar-refractivity contribution is 0.380. The van der Waals surface area contributed by atoms with Gasteiger partial charge in [-0.1, -0.05) is 39.8 Å². The molecule has 0 rings (SSSR count). The van der Waals surface area contributed by atoms with Crippen molar-refractivity contribution in [2.45, 2.75) is 41.0 Å². The van der Waals surface area contributed by atoms with Gasteiger partial charge in [0.05, 0.1) is 0 Å². The van der Waals surface area contributed by atoms with Gasteiger partial charge in [-0.3, -0.25) is 0 Å². The van der Waals surface area contributed by atoms with Crippen LogP contribution in [0.15, 0.2) is 12.2 Å². The van der Waals surface area contributed by atoms with Gasteiger partial charge >= 0.3 is 0 Å². The third-order valence-corrected chi connectivity index (χ3v) is 2.04. The van der Waals surface area contributed by atoms with Crippen LogP contribution in [0.4, 0.5) is 0 Å². The molecular weight excluding hydrogens is 132 g/mol. The Bertz CT molecular complexity index is 109. The Morgan fingerprint density at radius 1 is 1.09 bits per heavy atom. The molecule has 0 saturated heterocycles. The molecule has 11 heavy (non-hydrogen) atoms. The number of hydrogen-bond acceptors (Lipinski definition) is 0. The monoisotopic (exact) mass is 154 g/mol. The molecule has 0 saturated carbocycles. The van der Waals surface area contributed by atoms with Gasteiger partial charge in [0.25, 0.3) is 0 Å². The van der Waals surface area contributed by atoms with Gasteiger partial charge in [-0.15, -0.1) is 0 Å². The fourth-order valence-electron chi connectivity index (χ4n) is 1.36. The first-order valence-corrected chi connectivity index (χ1v) is 4.70. The molecule has 1 atom stereocenters. The van der Waals surface area contributed by atoms with E-state index in [-0.39, 0.29) is 0 Å². The number of hydrogen-bond donors (Lipinski definition) is 0. The Hall–Kier alpha value is -0.260. The number of allylic oxidation sites excluding steroid dienone is 2. The van der Waals surface area contributed by atoms with Crippen molar-refractivity contribution in [3.63, 3.8) is 0 Å². The second-order valence-corrected chi connectivity index (χ2v) is 4.06. The van der Waals surface area contributed by atoms with E-state index in [1.165, 1.54) is 6.42 Å². The third-order valence-electron chi connectivity index (χ3n) is 2.04. The normalized spacial score (nSPS) is 15.2. The minimum atomic E-state index is 0.778. The van der Waals surface area contributed by atoms with Crippen LogP contribution in [0, 0.1) is 17.8 Å². The molecule has 0 aliphatic rings. The Morgan fingerprint density at radius 2 is 1.64 bits per heavy atom. The summed E-state index contributed by atoms with van der Waals surface area (Å²) in [5.41, 5.74) is 0. The highest BCUT2D eigenvalue weighted by Crippen LogP contribution is 2.21. The zero-order valence-electron chi connectivity index (χ0n) is 8.59. The van der Waals surface area contributed by atoms with E-state index in [9.17, 15) is 0 Å². The average Bonchev–Trinajstić information content (AvgIpc) is 1.86. The van der Waals surface area contributed by atoms with Gasteiger partial charge in [0.15, 0.2) is 0 Å². The van der Waals surface area contributed by atoms with E-state index in [0.717, 1.165) is 17.8 Å². The first-order valence-electron chi connectivity index (χ1n) is 4.70. The van der Waals surface area contributed by atoms with Gasteiger partial charge in [0.2, 0.25) is 0 Å². The summed E-state index contributed by atoms with van der Waals surface area (Å²) in [6, 6.07) is 0. The van der Waals surface area contributed by atoms with Crippen LogP contribution in [-0.4, -0.2) is 0 Å². The standard InChI is InChI=1S/C11H22/c1-6-7-11(10(4)5)8-9(2)3/h6-7,9-11H,8H2,1-5H3. The predicted octanol–water partition coefficient (Wildman–Crippen LogP) is 3.88. The fraction of sp³-hybridized carbons (Fsp3) is 0.818. The highest BCUT2D eigenvalue weighted by Gasteiger charge is 2.10. The van der Waals surface area contributed by atoms with Crippen molar-refractivity contribution < 1.29 is 0 Å². The van der Waals surface area contributed by atoms with Crippen LogP contribution < -0.4 is 0 Å². The van der Waals surface area contributed by atoms with Crippen molar-refractivity contribution in [2.24, 2.45) is 17.8 Å². The maximum Gasteiger partial charge on any atom is -0.0208 e. The molecule has 0 aromatic heterocycles. The van der Waals surface area contributed by atoms with Gasteiger partial charge < -0.3 is 0 Å². The van der Waals surface area contributed by atoms with Crippen molar-refractivity contribution in [1.82, 2.24) is 0 Å². The van der Waals surface area contributed by atoms with Crippen LogP contribution in [0.1, 0.15) is 41.0 Å². The SMILES string of the molecule is CC=CC(CC(C)C)C(C)C. The molecule has 0 aliphatic heterocycles. The lowest BCUT2D eigenvalue weighted by Crippen LogP contribution is -2.08. The maximum absolute atomic E-state index is 2.34. The Morgan fingerprint density at radius 3 is 1.91 bits per heavy atom. The predicted molar refractivity (Wildman–Crippen MR) is 52.6 cm³/mol. The zero-order chi connectivity index (χ0) is 8.85. The minimum Gasteiger partial charge on any atom is -0.0914 e. The molecule has 0 spiro atoms. The van der Waals surface area contributed by atoms with E-state index in [1.807, 2.05) is 0 Å². The van der Waals surface area contributed by atoms with Crippen molar-refractivity contribution in [3.05, 3.63) is 12.2 Å². The van der Waals surface area contributed by atoms with Crippen molar-refractivity contribution in [2.75, 3.05) is 0 Å². The summed E-state index contributed by atoms with van der Waals surface area (Å²) in [6.07, 6.45) is 5.83. The molecule has 0 aromatic rings. The summed E-state index contributed by atoms with van der Waals surface area (Å²) in [5.74, 6) is 2.38.